The van der Waals surface area contributed by atoms with Gasteiger partial charge in [0.05, 0.1) is 13.2 Å². The fraction of sp³-hybridized carbons (Fsp3) is 0.471. The highest BCUT2D eigenvalue weighted by atomic mass is 32.2. The monoisotopic (exact) mass is 382 g/mol. The summed E-state index contributed by atoms with van der Waals surface area (Å²) in [4.78, 5) is 36.5. The van der Waals surface area contributed by atoms with E-state index in [1.807, 2.05) is 13.8 Å². The van der Waals surface area contributed by atoms with Crippen LogP contribution in [0.2, 0.25) is 0 Å². The topological polar surface area (TPSA) is 94.2 Å². The lowest BCUT2D eigenvalue weighted by atomic mass is 10.2. The Morgan fingerprint density at radius 3 is 2.58 bits per heavy atom. The minimum atomic E-state index is -0.613. The second kappa shape index (κ2) is 9.91. The van der Waals surface area contributed by atoms with Gasteiger partial charge in [-0.3, -0.25) is 14.4 Å². The third-order valence-corrected chi connectivity index (χ3v) is 4.25. The van der Waals surface area contributed by atoms with Crippen LogP contribution in [0.5, 0.6) is 11.5 Å². The molecule has 1 aromatic carbocycles. The minimum absolute atomic E-state index is 0.142. The number of carbonyl (C=O) groups excluding carboxylic acids is 3. The van der Waals surface area contributed by atoms with Crippen LogP contribution in [0.1, 0.15) is 13.8 Å². The Hall–Kier alpha value is -2.42. The second-order valence-electron chi connectivity index (χ2n) is 5.27. The fourth-order valence-electron chi connectivity index (χ4n) is 2.24. The molecule has 142 valence electrons. The molecular formula is C17H22N2O6S. The Kier molecular flexibility index (Phi) is 7.58. The van der Waals surface area contributed by atoms with Crippen molar-refractivity contribution < 1.29 is 28.6 Å². The summed E-state index contributed by atoms with van der Waals surface area (Å²) in [6.07, 6.45) is 0. The van der Waals surface area contributed by atoms with Crippen LogP contribution >= 0.6 is 11.8 Å². The average Bonchev–Trinajstić information content (AvgIpc) is 3.00. The van der Waals surface area contributed by atoms with Crippen LogP contribution in [-0.2, 0) is 14.3 Å². The molecular weight excluding hydrogens is 360 g/mol. The van der Waals surface area contributed by atoms with Crippen molar-refractivity contribution in [3.8, 4) is 11.5 Å². The van der Waals surface area contributed by atoms with E-state index in [0.717, 1.165) is 11.8 Å². The number of nitrogens with one attached hydrogen (secondary N) is 1. The van der Waals surface area contributed by atoms with Gasteiger partial charge in [0.25, 0.3) is 11.1 Å². The highest BCUT2D eigenvalue weighted by Crippen LogP contribution is 2.30. The van der Waals surface area contributed by atoms with Crippen LogP contribution in [0.3, 0.4) is 0 Å². The van der Waals surface area contributed by atoms with E-state index < -0.39 is 18.5 Å². The SMILES string of the molecule is CCOc1ccc(NC(=O)COC(=O)CN2CCSC2=O)cc1OCC. The van der Waals surface area contributed by atoms with Crippen molar-refractivity contribution in [2.24, 2.45) is 0 Å². The van der Waals surface area contributed by atoms with Crippen molar-refractivity contribution in [3.63, 3.8) is 0 Å². The first-order valence-electron chi connectivity index (χ1n) is 8.30. The Bertz CT molecular complexity index is 667. The summed E-state index contributed by atoms with van der Waals surface area (Å²) in [5.74, 6) is 0.679. The van der Waals surface area contributed by atoms with E-state index >= 15 is 0 Å². The molecule has 26 heavy (non-hydrogen) atoms. The number of anilines is 1. The standard InChI is InChI=1S/C17H22N2O6S/c1-3-23-13-6-5-12(9-14(13)24-4-2)18-15(20)11-25-16(21)10-19-7-8-26-17(19)22/h5-6,9H,3-4,7-8,10-11H2,1-2H3,(H,18,20). The zero-order chi connectivity index (χ0) is 18.9. The van der Waals surface area contributed by atoms with Crippen LogP contribution < -0.4 is 14.8 Å². The second-order valence-corrected chi connectivity index (χ2v) is 6.32. The van der Waals surface area contributed by atoms with Crippen LogP contribution in [0, 0.1) is 0 Å². The molecule has 0 aliphatic carbocycles. The normalized spacial score (nSPS) is 13.5. The van der Waals surface area contributed by atoms with Crippen molar-refractivity contribution >= 4 is 34.6 Å². The van der Waals surface area contributed by atoms with Gasteiger partial charge in [0.2, 0.25) is 0 Å². The van der Waals surface area contributed by atoms with E-state index in [0.29, 0.717) is 42.7 Å². The van der Waals surface area contributed by atoms with Crippen LogP contribution in [-0.4, -0.2) is 60.7 Å². The molecule has 9 heteroatoms. The van der Waals surface area contributed by atoms with E-state index in [2.05, 4.69) is 5.32 Å². The molecule has 8 nitrogen and oxygen atoms in total. The Balaban J connectivity index is 1.84. The number of thioether (sulfide) groups is 1. The molecule has 2 amide bonds. The van der Waals surface area contributed by atoms with Gasteiger partial charge in [-0.2, -0.15) is 0 Å². The highest BCUT2D eigenvalue weighted by Gasteiger charge is 2.24. The quantitative estimate of drug-likeness (QED) is 0.654. The lowest BCUT2D eigenvalue weighted by Crippen LogP contribution is -2.32. The van der Waals surface area contributed by atoms with Gasteiger partial charge in [0.15, 0.2) is 18.1 Å². The first-order valence-corrected chi connectivity index (χ1v) is 9.28. The molecule has 0 atom stereocenters. The van der Waals surface area contributed by atoms with Crippen LogP contribution in [0.4, 0.5) is 10.5 Å². The van der Waals surface area contributed by atoms with Gasteiger partial charge in [-0.25, -0.2) is 0 Å². The van der Waals surface area contributed by atoms with Gasteiger partial charge < -0.3 is 24.4 Å². The van der Waals surface area contributed by atoms with Gasteiger partial charge in [-0.05, 0) is 26.0 Å². The predicted octanol–water partition coefficient (Wildman–Crippen LogP) is 2.13. The van der Waals surface area contributed by atoms with Crippen molar-refractivity contribution in [2.45, 2.75) is 13.8 Å². The number of esters is 1. The maximum Gasteiger partial charge on any atom is 0.326 e. The number of amides is 2. The molecule has 0 unspecified atom stereocenters. The molecule has 0 bridgehead atoms. The molecule has 1 heterocycles. The van der Waals surface area contributed by atoms with Crippen LogP contribution in [0.25, 0.3) is 0 Å². The minimum Gasteiger partial charge on any atom is -0.490 e. The van der Waals surface area contributed by atoms with Gasteiger partial charge in [-0.15, -0.1) is 0 Å². The number of ether oxygens (including phenoxy) is 3. The molecule has 1 N–H and O–H groups in total. The van der Waals surface area contributed by atoms with Crippen LogP contribution in [0.15, 0.2) is 18.2 Å². The number of hydrogen-bond donors (Lipinski definition) is 1. The third kappa shape index (κ3) is 5.83. The van der Waals surface area contributed by atoms with E-state index in [-0.39, 0.29) is 11.8 Å². The third-order valence-electron chi connectivity index (χ3n) is 3.36. The summed E-state index contributed by atoms with van der Waals surface area (Å²) in [6, 6.07) is 5.02. The maximum atomic E-state index is 12.0. The van der Waals surface area contributed by atoms with Gasteiger partial charge in [0.1, 0.15) is 6.54 Å². The van der Waals surface area contributed by atoms with Gasteiger partial charge in [-0.1, -0.05) is 11.8 Å². The largest absolute Gasteiger partial charge is 0.490 e. The molecule has 1 aliphatic rings. The van der Waals surface area contributed by atoms with E-state index in [4.69, 9.17) is 14.2 Å². The van der Waals surface area contributed by atoms with E-state index in [1.165, 1.54) is 4.90 Å². The summed E-state index contributed by atoms with van der Waals surface area (Å²) in [5, 5.41) is 2.48. The molecule has 2 rings (SSSR count). The van der Waals surface area contributed by atoms with E-state index in [1.54, 1.807) is 18.2 Å². The first kappa shape index (κ1) is 19.9. The van der Waals surface area contributed by atoms with Gasteiger partial charge in [0, 0.05) is 24.1 Å². The molecule has 1 aliphatic heterocycles. The number of nitrogens with zero attached hydrogens (tertiary/aromatic N) is 1. The highest BCUT2D eigenvalue weighted by molar-refractivity contribution is 8.13. The molecule has 0 radical (unpaired) electrons. The number of rotatable bonds is 9. The Morgan fingerprint density at radius 2 is 1.92 bits per heavy atom. The van der Waals surface area contributed by atoms with E-state index in [9.17, 15) is 14.4 Å². The van der Waals surface area contributed by atoms with Crippen molar-refractivity contribution in [1.82, 2.24) is 4.90 Å². The Labute approximate surface area is 156 Å². The zero-order valence-electron chi connectivity index (χ0n) is 14.8. The summed E-state index contributed by atoms with van der Waals surface area (Å²) in [7, 11) is 0. The molecule has 1 fully saturated rings. The summed E-state index contributed by atoms with van der Waals surface area (Å²) in [6.45, 7) is 4.62. The maximum absolute atomic E-state index is 12.0. The summed E-state index contributed by atoms with van der Waals surface area (Å²) >= 11 is 1.16. The molecule has 0 spiro atoms. The van der Waals surface area contributed by atoms with Crippen molar-refractivity contribution in [2.75, 3.05) is 44.0 Å². The molecule has 0 saturated carbocycles. The summed E-state index contributed by atoms with van der Waals surface area (Å²) in [5.41, 5.74) is 0.504. The number of carbonyl (C=O) groups is 3. The lowest BCUT2D eigenvalue weighted by Gasteiger charge is -2.14. The Morgan fingerprint density at radius 1 is 1.19 bits per heavy atom. The summed E-state index contributed by atoms with van der Waals surface area (Å²) < 4.78 is 15.9. The number of benzene rings is 1. The smallest absolute Gasteiger partial charge is 0.326 e. The van der Waals surface area contributed by atoms with Crippen molar-refractivity contribution in [1.29, 1.82) is 0 Å². The zero-order valence-corrected chi connectivity index (χ0v) is 15.6. The van der Waals surface area contributed by atoms with Gasteiger partial charge >= 0.3 is 5.97 Å². The van der Waals surface area contributed by atoms with Crippen molar-refractivity contribution in [3.05, 3.63) is 18.2 Å². The molecule has 0 aromatic heterocycles. The molecule has 1 saturated heterocycles. The molecule has 1 aromatic rings. The number of hydrogen-bond acceptors (Lipinski definition) is 7. The first-order chi connectivity index (χ1) is 12.5. The lowest BCUT2D eigenvalue weighted by molar-refractivity contribution is -0.147. The average molecular weight is 382 g/mol. The fourth-order valence-corrected chi connectivity index (χ4v) is 3.07. The predicted molar refractivity (Wildman–Crippen MR) is 97.8 cm³/mol.